The van der Waals surface area contributed by atoms with Gasteiger partial charge < -0.3 is 24.3 Å². The highest BCUT2D eigenvalue weighted by Gasteiger charge is 2.54. The molecule has 6 nitrogen and oxygen atoms in total. The van der Waals surface area contributed by atoms with E-state index in [1.165, 1.54) is 0 Å². The first-order valence-corrected chi connectivity index (χ1v) is 16.1. The van der Waals surface area contributed by atoms with Crippen molar-refractivity contribution in [2.75, 3.05) is 76.0 Å². The van der Waals surface area contributed by atoms with Crippen LogP contribution < -0.4 is 19.6 Å². The van der Waals surface area contributed by atoms with Crippen LogP contribution in [0.3, 0.4) is 0 Å². The summed E-state index contributed by atoms with van der Waals surface area (Å²) in [6, 6.07) is 12.8. The smallest absolute Gasteiger partial charge is 0.341 e. The predicted octanol–water partition coefficient (Wildman–Crippen LogP) is 6.83. The van der Waals surface area contributed by atoms with Crippen LogP contribution >= 0.6 is 90.4 Å². The molecule has 0 saturated carbocycles. The van der Waals surface area contributed by atoms with Gasteiger partial charge in [-0.3, -0.25) is 0 Å². The molecule has 10 heteroatoms. The molecule has 0 atom stereocenters. The SMILES string of the molecule is CN(C)c1ccc(C2(c3ccc(N(C)C)cc3N(C)C)OC(=O)c3c(I)c(I)c(I)c(I)c32)c(N(C)C)c1. The van der Waals surface area contributed by atoms with E-state index in [-0.39, 0.29) is 5.97 Å². The van der Waals surface area contributed by atoms with Gasteiger partial charge in [-0.15, -0.1) is 0 Å². The van der Waals surface area contributed by atoms with Crippen LogP contribution in [0.15, 0.2) is 36.4 Å². The van der Waals surface area contributed by atoms with Gasteiger partial charge in [0.1, 0.15) is 0 Å². The Labute approximate surface area is 280 Å². The number of halogens is 4. The lowest BCUT2D eigenvalue weighted by Crippen LogP contribution is -2.34. The van der Waals surface area contributed by atoms with Crippen LogP contribution in [0.4, 0.5) is 22.7 Å². The Bertz CT molecular complexity index is 1370. The summed E-state index contributed by atoms with van der Waals surface area (Å²) >= 11 is 9.45. The zero-order valence-corrected chi connectivity index (χ0v) is 31.2. The first-order chi connectivity index (χ1) is 17.7. The summed E-state index contributed by atoms with van der Waals surface area (Å²) in [6.07, 6.45) is 0. The number of esters is 1. The number of hydrogen-bond donors (Lipinski definition) is 0. The fraction of sp³-hybridized carbons (Fsp3) is 0.321. The van der Waals surface area contributed by atoms with Crippen LogP contribution in [-0.2, 0) is 10.3 Å². The molecule has 38 heavy (non-hydrogen) atoms. The number of carbonyl (C=O) groups is 1. The molecule has 202 valence electrons. The molecule has 1 heterocycles. The van der Waals surface area contributed by atoms with E-state index in [4.69, 9.17) is 4.74 Å². The van der Waals surface area contributed by atoms with E-state index in [2.05, 4.69) is 146 Å². The predicted molar refractivity (Wildman–Crippen MR) is 193 cm³/mol. The highest BCUT2D eigenvalue weighted by molar-refractivity contribution is 14.1. The van der Waals surface area contributed by atoms with Gasteiger partial charge in [0.05, 0.1) is 5.56 Å². The molecule has 0 aromatic heterocycles. The molecule has 0 amide bonds. The minimum Gasteiger partial charge on any atom is -0.440 e. The van der Waals surface area contributed by atoms with Gasteiger partial charge in [-0.2, -0.15) is 0 Å². The minimum absolute atomic E-state index is 0.292. The van der Waals surface area contributed by atoms with Crippen molar-refractivity contribution in [2.24, 2.45) is 0 Å². The summed E-state index contributed by atoms with van der Waals surface area (Å²) in [5.41, 5.74) is 6.46. The van der Waals surface area contributed by atoms with Crippen molar-refractivity contribution in [3.05, 3.63) is 72.9 Å². The minimum atomic E-state index is -1.14. The molecule has 3 aromatic rings. The molecule has 0 spiro atoms. The number of nitrogens with zero attached hydrogens (tertiary/aromatic N) is 4. The number of rotatable bonds is 6. The number of hydrogen-bond acceptors (Lipinski definition) is 6. The van der Waals surface area contributed by atoms with Crippen molar-refractivity contribution in [1.82, 2.24) is 0 Å². The normalized spacial score (nSPS) is 13.7. The van der Waals surface area contributed by atoms with E-state index < -0.39 is 5.60 Å². The van der Waals surface area contributed by atoms with E-state index >= 15 is 0 Å². The van der Waals surface area contributed by atoms with Gasteiger partial charge in [0, 0.05) is 110 Å². The third kappa shape index (κ3) is 4.86. The maximum atomic E-state index is 13.9. The molecule has 3 aromatic carbocycles. The third-order valence-corrected chi connectivity index (χ3v) is 14.2. The van der Waals surface area contributed by atoms with E-state index in [0.717, 1.165) is 53.7 Å². The average molecular weight is 962 g/mol. The summed E-state index contributed by atoms with van der Waals surface area (Å²) in [4.78, 5) is 22.3. The van der Waals surface area contributed by atoms with E-state index in [9.17, 15) is 4.79 Å². The Hall–Kier alpha value is -0.750. The van der Waals surface area contributed by atoms with Gasteiger partial charge in [0.25, 0.3) is 0 Å². The molecule has 1 aliphatic heterocycles. The van der Waals surface area contributed by atoms with E-state index in [1.807, 2.05) is 56.4 Å². The van der Waals surface area contributed by atoms with Crippen LogP contribution in [0.5, 0.6) is 0 Å². The summed E-state index contributed by atoms with van der Waals surface area (Å²) < 4.78 is 10.9. The second-order valence-electron chi connectivity index (χ2n) is 10.1. The first kappa shape index (κ1) is 30.2. The molecule has 1 aliphatic rings. The van der Waals surface area contributed by atoms with Crippen LogP contribution in [-0.4, -0.2) is 62.4 Å². The number of anilines is 4. The van der Waals surface area contributed by atoms with Gasteiger partial charge >= 0.3 is 5.97 Å². The maximum absolute atomic E-state index is 13.9. The third-order valence-electron chi connectivity index (χ3n) is 6.79. The van der Waals surface area contributed by atoms with Crippen molar-refractivity contribution < 1.29 is 9.53 Å². The molecule has 0 saturated heterocycles. The van der Waals surface area contributed by atoms with Gasteiger partial charge in [-0.05, 0) is 115 Å². The Morgan fingerprint density at radius 1 is 0.605 bits per heavy atom. The average Bonchev–Trinajstić information content (AvgIpc) is 3.18. The zero-order chi connectivity index (χ0) is 28.3. The summed E-state index contributed by atoms with van der Waals surface area (Å²) in [7, 11) is 16.3. The van der Waals surface area contributed by atoms with Gasteiger partial charge in [0.15, 0.2) is 5.60 Å². The molecule has 0 bridgehead atoms. The second kappa shape index (κ2) is 11.3. The van der Waals surface area contributed by atoms with E-state index in [0.29, 0.717) is 5.56 Å². The van der Waals surface area contributed by atoms with Crippen LogP contribution in [0, 0.1) is 14.3 Å². The molecular weight excluding hydrogens is 932 g/mol. The lowest BCUT2D eigenvalue weighted by atomic mass is 9.77. The summed E-state index contributed by atoms with van der Waals surface area (Å²) in [5.74, 6) is -0.292. The summed E-state index contributed by atoms with van der Waals surface area (Å²) in [5, 5.41) is 0. The van der Waals surface area contributed by atoms with Crippen molar-refractivity contribution in [1.29, 1.82) is 0 Å². The molecule has 0 fully saturated rings. The van der Waals surface area contributed by atoms with Gasteiger partial charge in [-0.1, -0.05) is 12.1 Å². The molecule has 0 aliphatic carbocycles. The largest absolute Gasteiger partial charge is 0.440 e. The van der Waals surface area contributed by atoms with Crippen LogP contribution in [0.25, 0.3) is 0 Å². The van der Waals surface area contributed by atoms with Gasteiger partial charge in [-0.25, -0.2) is 4.79 Å². The van der Waals surface area contributed by atoms with Crippen molar-refractivity contribution >= 4 is 119 Å². The molecule has 4 rings (SSSR count). The van der Waals surface area contributed by atoms with Crippen molar-refractivity contribution in [3.8, 4) is 0 Å². The van der Waals surface area contributed by atoms with Crippen molar-refractivity contribution in [3.63, 3.8) is 0 Å². The first-order valence-electron chi connectivity index (χ1n) is 11.8. The molecule has 0 N–H and O–H groups in total. The Kier molecular flexibility index (Phi) is 8.95. The Morgan fingerprint density at radius 2 is 1.03 bits per heavy atom. The Balaban J connectivity index is 2.25. The lowest BCUT2D eigenvalue weighted by Gasteiger charge is -2.37. The number of cyclic esters (lactones) is 1. The second-order valence-corrected chi connectivity index (χ2v) is 14.4. The number of carbonyl (C=O) groups excluding carboxylic acids is 1. The molecule has 0 radical (unpaired) electrons. The molecule has 0 unspecified atom stereocenters. The fourth-order valence-corrected chi connectivity index (χ4v) is 8.64. The van der Waals surface area contributed by atoms with E-state index in [1.54, 1.807) is 0 Å². The van der Waals surface area contributed by atoms with Crippen molar-refractivity contribution in [2.45, 2.75) is 5.60 Å². The van der Waals surface area contributed by atoms with Crippen LogP contribution in [0.1, 0.15) is 27.0 Å². The fourth-order valence-electron chi connectivity index (χ4n) is 4.85. The maximum Gasteiger partial charge on any atom is 0.341 e. The number of benzene rings is 3. The summed E-state index contributed by atoms with van der Waals surface area (Å²) in [6.45, 7) is 0. The number of fused-ring (bicyclic) bond motifs is 1. The monoisotopic (exact) mass is 962 g/mol. The standard InChI is InChI=1S/C28H30I4N4O2/c1-33(2)15-9-11-17(19(13-15)35(5)6)28(18-12-10-16(34(3)4)14-20(18)36(7)8)22-21(27(37)38-28)23(29)25(31)26(32)24(22)30/h9-14H,1-8H3. The number of ether oxygens (including phenoxy) is 1. The van der Waals surface area contributed by atoms with Gasteiger partial charge in [0.2, 0.25) is 0 Å². The highest BCUT2D eigenvalue weighted by Crippen LogP contribution is 2.56. The topological polar surface area (TPSA) is 39.3 Å². The van der Waals surface area contributed by atoms with Crippen LogP contribution in [0.2, 0.25) is 0 Å². The zero-order valence-electron chi connectivity index (χ0n) is 22.6. The quantitative estimate of drug-likeness (QED) is 0.117. The molecular formula is C28H30I4N4O2. The Morgan fingerprint density at radius 3 is 1.42 bits per heavy atom. The highest BCUT2D eigenvalue weighted by atomic mass is 127. The lowest BCUT2D eigenvalue weighted by molar-refractivity contribution is 0.0252.